The highest BCUT2D eigenvalue weighted by molar-refractivity contribution is 9.10. The number of alkyl halides is 1. The van der Waals surface area contributed by atoms with Crippen LogP contribution in [0, 0.1) is 0 Å². The lowest BCUT2D eigenvalue weighted by Crippen LogP contribution is -1.85. The number of hydrogen-bond donors (Lipinski definition) is 0. The Hall–Kier alpha value is -0.410. The lowest BCUT2D eigenvalue weighted by atomic mass is 10.1. The molecule has 0 amide bonds. The molecule has 0 bridgehead atoms. The van der Waals surface area contributed by atoms with Gasteiger partial charge in [0.25, 0.3) is 0 Å². The van der Waals surface area contributed by atoms with Crippen molar-refractivity contribution in [3.8, 4) is 0 Å². The summed E-state index contributed by atoms with van der Waals surface area (Å²) >= 11 is 6.82. The van der Waals surface area contributed by atoms with E-state index in [0.29, 0.717) is 0 Å². The van der Waals surface area contributed by atoms with E-state index in [0.717, 1.165) is 15.4 Å². The van der Waals surface area contributed by atoms with Gasteiger partial charge in [-0.25, -0.2) is 4.98 Å². The van der Waals surface area contributed by atoms with E-state index >= 15 is 0 Å². The molecule has 0 aliphatic rings. The van der Waals surface area contributed by atoms with Gasteiger partial charge in [-0.1, -0.05) is 40.2 Å². The highest BCUT2D eigenvalue weighted by Crippen LogP contribution is 2.20. The van der Waals surface area contributed by atoms with Gasteiger partial charge in [-0.3, -0.25) is 0 Å². The Morgan fingerprint density at radius 3 is 2.77 bits per heavy atom. The molecule has 13 heavy (non-hydrogen) atoms. The van der Waals surface area contributed by atoms with Crippen molar-refractivity contribution in [1.82, 2.24) is 4.98 Å². The summed E-state index contributed by atoms with van der Waals surface area (Å²) < 4.78 is 0.883. The Morgan fingerprint density at radius 2 is 2.00 bits per heavy atom. The lowest BCUT2D eigenvalue weighted by molar-refractivity contribution is 1.31. The Morgan fingerprint density at radius 1 is 1.15 bits per heavy atom. The summed E-state index contributed by atoms with van der Waals surface area (Å²) in [5, 5.41) is 2.02. The summed E-state index contributed by atoms with van der Waals surface area (Å²) in [6, 6.07) is 10.2. The van der Waals surface area contributed by atoms with Gasteiger partial charge in [-0.05, 0) is 27.6 Å². The van der Waals surface area contributed by atoms with Crippen molar-refractivity contribution < 1.29 is 0 Å². The molecule has 1 aromatic carbocycles. The SMILES string of the molecule is BrCc1cccc2ccc(Br)nc12. The van der Waals surface area contributed by atoms with E-state index in [1.807, 2.05) is 6.07 Å². The Balaban J connectivity index is 2.79. The van der Waals surface area contributed by atoms with Crippen LogP contribution in [0.15, 0.2) is 34.9 Å². The van der Waals surface area contributed by atoms with Crippen LogP contribution in [-0.4, -0.2) is 4.98 Å². The van der Waals surface area contributed by atoms with Crippen LogP contribution in [-0.2, 0) is 5.33 Å². The molecule has 2 aromatic rings. The third-order valence-corrected chi connectivity index (χ3v) is 2.96. The fourth-order valence-electron chi connectivity index (χ4n) is 1.29. The Bertz CT molecular complexity index is 440. The van der Waals surface area contributed by atoms with Gasteiger partial charge in [-0.15, -0.1) is 0 Å². The molecule has 0 N–H and O–H groups in total. The fourth-order valence-corrected chi connectivity index (χ4v) is 2.05. The zero-order valence-corrected chi connectivity index (χ0v) is 9.97. The summed E-state index contributed by atoms with van der Waals surface area (Å²) in [5.74, 6) is 0. The van der Waals surface area contributed by atoms with Gasteiger partial charge >= 0.3 is 0 Å². The van der Waals surface area contributed by atoms with E-state index in [1.54, 1.807) is 0 Å². The van der Waals surface area contributed by atoms with Gasteiger partial charge in [0.05, 0.1) is 5.52 Å². The smallest absolute Gasteiger partial charge is 0.106 e. The van der Waals surface area contributed by atoms with Gasteiger partial charge < -0.3 is 0 Å². The zero-order chi connectivity index (χ0) is 9.26. The highest BCUT2D eigenvalue weighted by Gasteiger charge is 2.00. The minimum absolute atomic E-state index is 0.841. The molecule has 2 rings (SSSR count). The zero-order valence-electron chi connectivity index (χ0n) is 6.80. The first kappa shape index (κ1) is 9.16. The molecule has 0 saturated heterocycles. The second kappa shape index (κ2) is 3.76. The summed E-state index contributed by atoms with van der Waals surface area (Å²) in [5.41, 5.74) is 2.28. The number of benzene rings is 1. The topological polar surface area (TPSA) is 12.9 Å². The largest absolute Gasteiger partial charge is 0.241 e. The lowest BCUT2D eigenvalue weighted by Gasteiger charge is -2.02. The van der Waals surface area contributed by atoms with Crippen molar-refractivity contribution in [1.29, 1.82) is 0 Å². The van der Waals surface area contributed by atoms with Gasteiger partial charge in [0.15, 0.2) is 0 Å². The maximum Gasteiger partial charge on any atom is 0.106 e. The monoisotopic (exact) mass is 299 g/mol. The molecule has 0 atom stereocenters. The van der Waals surface area contributed by atoms with Crippen molar-refractivity contribution >= 4 is 42.8 Å². The van der Waals surface area contributed by atoms with Gasteiger partial charge in [0.2, 0.25) is 0 Å². The van der Waals surface area contributed by atoms with Crippen LogP contribution in [0.25, 0.3) is 10.9 Å². The predicted molar refractivity (Wildman–Crippen MR) is 62.1 cm³/mol. The number of aromatic nitrogens is 1. The molecule has 0 fully saturated rings. The number of rotatable bonds is 1. The van der Waals surface area contributed by atoms with Crippen molar-refractivity contribution in [2.75, 3.05) is 0 Å². The number of hydrogen-bond acceptors (Lipinski definition) is 1. The summed E-state index contributed by atoms with van der Waals surface area (Å²) in [4.78, 5) is 4.43. The average Bonchev–Trinajstić information content (AvgIpc) is 2.17. The number of para-hydroxylation sites is 1. The van der Waals surface area contributed by atoms with Crippen LogP contribution in [0.5, 0.6) is 0 Å². The molecular formula is C10H7Br2N. The summed E-state index contributed by atoms with van der Waals surface area (Å²) in [7, 11) is 0. The van der Waals surface area contributed by atoms with E-state index in [9.17, 15) is 0 Å². The van der Waals surface area contributed by atoms with E-state index < -0.39 is 0 Å². The second-order valence-corrected chi connectivity index (χ2v) is 4.13. The standard InChI is InChI=1S/C10H7Br2N/c11-6-8-3-1-2-7-4-5-9(12)13-10(7)8/h1-5H,6H2. The van der Waals surface area contributed by atoms with Crippen molar-refractivity contribution in [2.24, 2.45) is 0 Å². The van der Waals surface area contributed by atoms with Crippen molar-refractivity contribution in [2.45, 2.75) is 5.33 Å². The molecule has 0 saturated carbocycles. The molecular weight excluding hydrogens is 294 g/mol. The molecule has 1 heterocycles. The molecule has 66 valence electrons. The minimum atomic E-state index is 0.841. The third-order valence-electron chi connectivity index (χ3n) is 1.91. The van der Waals surface area contributed by atoms with Crippen LogP contribution in [0.1, 0.15) is 5.56 Å². The second-order valence-electron chi connectivity index (χ2n) is 2.76. The van der Waals surface area contributed by atoms with Crippen LogP contribution in [0.2, 0.25) is 0 Å². The van der Waals surface area contributed by atoms with Crippen molar-refractivity contribution in [3.63, 3.8) is 0 Å². The Labute approximate surface area is 93.4 Å². The molecule has 1 aromatic heterocycles. The van der Waals surface area contributed by atoms with Crippen molar-refractivity contribution in [3.05, 3.63) is 40.5 Å². The molecule has 0 unspecified atom stereocenters. The first-order chi connectivity index (χ1) is 6.31. The van der Waals surface area contributed by atoms with Gasteiger partial charge in [0, 0.05) is 10.7 Å². The number of pyridine rings is 1. The van der Waals surface area contributed by atoms with E-state index in [1.165, 1.54) is 10.9 Å². The third kappa shape index (κ3) is 1.76. The minimum Gasteiger partial charge on any atom is -0.241 e. The maximum atomic E-state index is 4.43. The number of nitrogens with zero attached hydrogens (tertiary/aromatic N) is 1. The average molecular weight is 301 g/mol. The normalized spacial score (nSPS) is 10.6. The predicted octanol–water partition coefficient (Wildman–Crippen LogP) is 3.89. The molecule has 0 aliphatic heterocycles. The van der Waals surface area contributed by atoms with E-state index in [-0.39, 0.29) is 0 Å². The highest BCUT2D eigenvalue weighted by atomic mass is 79.9. The van der Waals surface area contributed by atoms with Crippen LogP contribution >= 0.6 is 31.9 Å². The molecule has 3 heteroatoms. The Kier molecular flexibility index (Phi) is 2.65. The summed E-state index contributed by atoms with van der Waals surface area (Å²) in [6.45, 7) is 0. The van der Waals surface area contributed by atoms with E-state index in [4.69, 9.17) is 0 Å². The fraction of sp³-hybridized carbons (Fsp3) is 0.100. The molecule has 1 nitrogen and oxygen atoms in total. The first-order valence-electron chi connectivity index (χ1n) is 3.91. The molecule has 0 aliphatic carbocycles. The van der Waals surface area contributed by atoms with Crippen LogP contribution < -0.4 is 0 Å². The van der Waals surface area contributed by atoms with Crippen LogP contribution in [0.4, 0.5) is 0 Å². The van der Waals surface area contributed by atoms with Crippen LogP contribution in [0.3, 0.4) is 0 Å². The van der Waals surface area contributed by atoms with Gasteiger partial charge in [-0.2, -0.15) is 0 Å². The molecule has 0 radical (unpaired) electrons. The number of halogens is 2. The quantitative estimate of drug-likeness (QED) is 0.575. The summed E-state index contributed by atoms with van der Waals surface area (Å²) in [6.07, 6.45) is 0. The first-order valence-corrected chi connectivity index (χ1v) is 5.83. The molecule has 0 spiro atoms. The number of fused-ring (bicyclic) bond motifs is 1. The van der Waals surface area contributed by atoms with Gasteiger partial charge in [0.1, 0.15) is 4.60 Å². The maximum absolute atomic E-state index is 4.43. The van der Waals surface area contributed by atoms with E-state index in [2.05, 4.69) is 61.1 Å².